The summed E-state index contributed by atoms with van der Waals surface area (Å²) in [6.07, 6.45) is 0. The van der Waals surface area contributed by atoms with Crippen molar-refractivity contribution in [3.8, 4) is 0 Å². The summed E-state index contributed by atoms with van der Waals surface area (Å²) in [7, 11) is 0. The third-order valence-electron chi connectivity index (χ3n) is 2.06. The van der Waals surface area contributed by atoms with Gasteiger partial charge in [0.15, 0.2) is 0 Å². The van der Waals surface area contributed by atoms with Crippen LogP contribution in [0.1, 0.15) is 17.3 Å². The first-order valence-corrected chi connectivity index (χ1v) is 6.25. The molecule has 0 heterocycles. The SMILES string of the molecule is CCSCCNc1ccc(C(=O)O)cc1N. The van der Waals surface area contributed by atoms with Crippen molar-refractivity contribution in [3.05, 3.63) is 23.8 Å². The first kappa shape index (κ1) is 12.7. The van der Waals surface area contributed by atoms with Crippen LogP contribution in [0.5, 0.6) is 0 Å². The van der Waals surface area contributed by atoms with E-state index < -0.39 is 5.97 Å². The van der Waals surface area contributed by atoms with Gasteiger partial charge in [-0.2, -0.15) is 11.8 Å². The number of nitrogens with two attached hydrogens (primary N) is 1. The third-order valence-corrected chi connectivity index (χ3v) is 2.97. The minimum atomic E-state index is -0.959. The third kappa shape index (κ3) is 3.66. The van der Waals surface area contributed by atoms with Crippen LogP contribution in [0.25, 0.3) is 0 Å². The van der Waals surface area contributed by atoms with Crippen molar-refractivity contribution < 1.29 is 9.90 Å². The Labute approximate surface area is 99.2 Å². The Kier molecular flexibility index (Phi) is 4.98. The van der Waals surface area contributed by atoms with Crippen molar-refractivity contribution in [2.45, 2.75) is 6.92 Å². The minimum absolute atomic E-state index is 0.214. The number of anilines is 2. The molecule has 5 heteroatoms. The first-order valence-electron chi connectivity index (χ1n) is 5.09. The summed E-state index contributed by atoms with van der Waals surface area (Å²) in [5.74, 6) is 1.14. The molecule has 0 aliphatic carbocycles. The molecule has 88 valence electrons. The van der Waals surface area contributed by atoms with Crippen LogP contribution in [0.15, 0.2) is 18.2 Å². The number of benzene rings is 1. The normalized spacial score (nSPS) is 10.1. The fourth-order valence-electron chi connectivity index (χ4n) is 1.26. The van der Waals surface area contributed by atoms with Gasteiger partial charge in [0.1, 0.15) is 0 Å². The lowest BCUT2D eigenvalue weighted by Gasteiger charge is -2.09. The number of aromatic carboxylic acids is 1. The fraction of sp³-hybridized carbons (Fsp3) is 0.364. The highest BCUT2D eigenvalue weighted by atomic mass is 32.2. The van der Waals surface area contributed by atoms with Gasteiger partial charge in [-0.15, -0.1) is 0 Å². The molecule has 0 aliphatic heterocycles. The van der Waals surface area contributed by atoms with Crippen LogP contribution in [-0.2, 0) is 0 Å². The summed E-state index contributed by atoms with van der Waals surface area (Å²) in [6.45, 7) is 2.94. The molecule has 1 rings (SSSR count). The lowest BCUT2D eigenvalue weighted by Crippen LogP contribution is -2.07. The highest BCUT2D eigenvalue weighted by molar-refractivity contribution is 7.99. The van der Waals surface area contributed by atoms with E-state index in [4.69, 9.17) is 10.8 Å². The number of carboxylic acid groups (broad SMARTS) is 1. The van der Waals surface area contributed by atoms with Crippen molar-refractivity contribution in [2.24, 2.45) is 0 Å². The van der Waals surface area contributed by atoms with E-state index in [1.54, 1.807) is 12.1 Å². The highest BCUT2D eigenvalue weighted by Gasteiger charge is 2.05. The van der Waals surface area contributed by atoms with Gasteiger partial charge in [-0.3, -0.25) is 0 Å². The predicted molar refractivity (Wildman–Crippen MR) is 69.3 cm³/mol. The van der Waals surface area contributed by atoms with Crippen molar-refractivity contribution >= 4 is 29.1 Å². The minimum Gasteiger partial charge on any atom is -0.478 e. The number of nitrogen functional groups attached to an aromatic ring is 1. The van der Waals surface area contributed by atoms with E-state index in [2.05, 4.69) is 12.2 Å². The lowest BCUT2D eigenvalue weighted by atomic mass is 10.2. The highest BCUT2D eigenvalue weighted by Crippen LogP contribution is 2.19. The second-order valence-corrected chi connectivity index (χ2v) is 4.62. The van der Waals surface area contributed by atoms with Crippen molar-refractivity contribution in [2.75, 3.05) is 29.1 Å². The van der Waals surface area contributed by atoms with Crippen LogP contribution in [0.3, 0.4) is 0 Å². The van der Waals surface area contributed by atoms with Gasteiger partial charge < -0.3 is 16.2 Å². The van der Waals surface area contributed by atoms with Gasteiger partial charge in [0, 0.05) is 12.3 Å². The van der Waals surface area contributed by atoms with E-state index in [0.717, 1.165) is 23.7 Å². The molecule has 0 aromatic heterocycles. The van der Waals surface area contributed by atoms with Crippen molar-refractivity contribution in [3.63, 3.8) is 0 Å². The monoisotopic (exact) mass is 240 g/mol. The summed E-state index contributed by atoms with van der Waals surface area (Å²) >= 11 is 1.84. The molecular weight excluding hydrogens is 224 g/mol. The van der Waals surface area contributed by atoms with Gasteiger partial charge in [-0.05, 0) is 24.0 Å². The number of carboxylic acids is 1. The standard InChI is InChI=1S/C11H16N2O2S/c1-2-16-6-5-13-10-4-3-8(11(14)15)7-9(10)12/h3-4,7,13H,2,5-6,12H2,1H3,(H,14,15). The molecule has 0 unspecified atom stereocenters. The topological polar surface area (TPSA) is 75.3 Å². The smallest absolute Gasteiger partial charge is 0.335 e. The maximum atomic E-state index is 10.7. The summed E-state index contributed by atoms with van der Waals surface area (Å²) in [4.78, 5) is 10.7. The zero-order valence-corrected chi connectivity index (χ0v) is 10.0. The summed E-state index contributed by atoms with van der Waals surface area (Å²) in [6, 6.07) is 4.72. The van der Waals surface area contributed by atoms with E-state index in [1.165, 1.54) is 6.07 Å². The van der Waals surface area contributed by atoms with Gasteiger partial charge in [0.25, 0.3) is 0 Å². The summed E-state index contributed by atoms with van der Waals surface area (Å²) in [5, 5.41) is 11.9. The Bertz CT molecular complexity index is 369. The Morgan fingerprint density at radius 2 is 2.31 bits per heavy atom. The maximum Gasteiger partial charge on any atom is 0.335 e. The number of nitrogens with one attached hydrogen (secondary N) is 1. The molecular formula is C11H16N2O2S. The van der Waals surface area contributed by atoms with Crippen LogP contribution >= 0.6 is 11.8 Å². The molecule has 4 N–H and O–H groups in total. The average molecular weight is 240 g/mol. The number of thioether (sulfide) groups is 1. The van der Waals surface area contributed by atoms with Crippen molar-refractivity contribution in [1.82, 2.24) is 0 Å². The molecule has 0 atom stereocenters. The molecule has 0 amide bonds. The Morgan fingerprint density at radius 3 is 2.88 bits per heavy atom. The van der Waals surface area contributed by atoms with Gasteiger partial charge in [0.05, 0.1) is 16.9 Å². The van der Waals surface area contributed by atoms with E-state index in [0.29, 0.717) is 5.69 Å². The zero-order valence-electron chi connectivity index (χ0n) is 9.19. The quantitative estimate of drug-likeness (QED) is 0.524. The number of hydrogen-bond acceptors (Lipinski definition) is 4. The molecule has 0 saturated carbocycles. The predicted octanol–water partition coefficient (Wildman–Crippen LogP) is 2.13. The Morgan fingerprint density at radius 1 is 1.56 bits per heavy atom. The number of rotatable bonds is 6. The Balaban J connectivity index is 2.57. The Hall–Kier alpha value is -1.36. The second-order valence-electron chi connectivity index (χ2n) is 3.23. The zero-order chi connectivity index (χ0) is 12.0. The van der Waals surface area contributed by atoms with Crippen LogP contribution in [0.2, 0.25) is 0 Å². The van der Waals surface area contributed by atoms with Crippen LogP contribution in [0.4, 0.5) is 11.4 Å². The molecule has 0 bridgehead atoms. The molecule has 4 nitrogen and oxygen atoms in total. The van der Waals surface area contributed by atoms with Gasteiger partial charge in [-0.1, -0.05) is 6.92 Å². The maximum absolute atomic E-state index is 10.7. The van der Waals surface area contributed by atoms with Gasteiger partial charge >= 0.3 is 5.97 Å². The second kappa shape index (κ2) is 6.27. The largest absolute Gasteiger partial charge is 0.478 e. The lowest BCUT2D eigenvalue weighted by molar-refractivity contribution is 0.0697. The number of hydrogen-bond donors (Lipinski definition) is 3. The van der Waals surface area contributed by atoms with Gasteiger partial charge in [0.2, 0.25) is 0 Å². The van der Waals surface area contributed by atoms with E-state index in [1.807, 2.05) is 11.8 Å². The average Bonchev–Trinajstić information content (AvgIpc) is 2.26. The first-order chi connectivity index (χ1) is 7.65. The molecule has 0 fully saturated rings. The van der Waals surface area contributed by atoms with Crippen molar-refractivity contribution in [1.29, 1.82) is 0 Å². The fourth-order valence-corrected chi connectivity index (χ4v) is 1.79. The van der Waals surface area contributed by atoms with Gasteiger partial charge in [-0.25, -0.2) is 4.79 Å². The number of carbonyl (C=O) groups is 1. The summed E-state index contributed by atoms with van der Waals surface area (Å²) < 4.78 is 0. The molecule has 1 aromatic rings. The molecule has 0 spiro atoms. The van der Waals surface area contributed by atoms with E-state index in [9.17, 15) is 4.79 Å². The molecule has 1 aromatic carbocycles. The molecule has 16 heavy (non-hydrogen) atoms. The van der Waals surface area contributed by atoms with Crippen LogP contribution < -0.4 is 11.1 Å². The van der Waals surface area contributed by atoms with E-state index >= 15 is 0 Å². The van der Waals surface area contributed by atoms with Crippen LogP contribution in [-0.4, -0.2) is 29.1 Å². The molecule has 0 radical (unpaired) electrons. The molecule has 0 saturated heterocycles. The molecule has 0 aliphatic rings. The van der Waals surface area contributed by atoms with E-state index in [-0.39, 0.29) is 5.56 Å². The summed E-state index contributed by atoms with van der Waals surface area (Å²) in [5.41, 5.74) is 7.22. The van der Waals surface area contributed by atoms with Crippen LogP contribution in [0, 0.1) is 0 Å².